The molecule has 1 heterocycles. The largest absolute Gasteiger partial charge is 0.371 e. The Morgan fingerprint density at radius 2 is 1.93 bits per heavy atom. The van der Waals surface area contributed by atoms with Crippen LogP contribution in [0.1, 0.15) is 18.4 Å². The summed E-state index contributed by atoms with van der Waals surface area (Å²) in [5.74, 6) is 0. The van der Waals surface area contributed by atoms with E-state index in [-0.39, 0.29) is 0 Å². The first kappa shape index (κ1) is 10.5. The van der Waals surface area contributed by atoms with Crippen LogP contribution >= 0.6 is 31.9 Å². The van der Waals surface area contributed by atoms with Gasteiger partial charge in [0.1, 0.15) is 0 Å². The smallest absolute Gasteiger partial charge is 0.0418 e. The van der Waals surface area contributed by atoms with E-state index < -0.39 is 0 Å². The van der Waals surface area contributed by atoms with Crippen molar-refractivity contribution in [2.45, 2.75) is 18.2 Å². The highest BCUT2D eigenvalue weighted by molar-refractivity contribution is 9.10. The molecule has 14 heavy (non-hydrogen) atoms. The highest BCUT2D eigenvalue weighted by Crippen LogP contribution is 2.29. The number of anilines is 1. The van der Waals surface area contributed by atoms with E-state index in [1.807, 2.05) is 0 Å². The minimum Gasteiger partial charge on any atom is -0.371 e. The van der Waals surface area contributed by atoms with Crippen LogP contribution in [0.15, 0.2) is 22.7 Å². The van der Waals surface area contributed by atoms with Gasteiger partial charge in [0.15, 0.2) is 0 Å². The lowest BCUT2D eigenvalue weighted by molar-refractivity contribution is 0.949. The Morgan fingerprint density at radius 1 is 1.21 bits per heavy atom. The molecule has 1 aliphatic heterocycles. The predicted octanol–water partition coefficient (Wildman–Crippen LogP) is 3.94. The standard InChI is InChI=1S/C11H13Br2N/c12-8-9-3-4-10(13)7-11(9)14-5-1-2-6-14/h3-4,7H,1-2,5-6,8H2. The minimum atomic E-state index is 0.937. The third-order valence-corrected chi connectivity index (χ3v) is 3.74. The van der Waals surface area contributed by atoms with Gasteiger partial charge in [-0.25, -0.2) is 0 Å². The van der Waals surface area contributed by atoms with Crippen LogP contribution in [0.25, 0.3) is 0 Å². The molecular weight excluding hydrogens is 306 g/mol. The van der Waals surface area contributed by atoms with E-state index in [1.165, 1.54) is 41.7 Å². The van der Waals surface area contributed by atoms with Crippen molar-refractivity contribution in [1.82, 2.24) is 0 Å². The van der Waals surface area contributed by atoms with Crippen molar-refractivity contribution >= 4 is 37.5 Å². The van der Waals surface area contributed by atoms with Gasteiger partial charge in [0.05, 0.1) is 0 Å². The lowest BCUT2D eigenvalue weighted by Gasteiger charge is -2.20. The topological polar surface area (TPSA) is 3.24 Å². The molecule has 3 heteroatoms. The van der Waals surface area contributed by atoms with Gasteiger partial charge in [0.25, 0.3) is 0 Å². The zero-order chi connectivity index (χ0) is 9.97. The Bertz CT molecular complexity index is 319. The zero-order valence-corrected chi connectivity index (χ0v) is 11.1. The maximum Gasteiger partial charge on any atom is 0.0418 e. The molecule has 1 aliphatic rings. The van der Waals surface area contributed by atoms with Crippen molar-refractivity contribution in [3.63, 3.8) is 0 Å². The van der Waals surface area contributed by atoms with Gasteiger partial charge in [0, 0.05) is 28.6 Å². The first-order chi connectivity index (χ1) is 6.81. The Labute approximate surface area is 102 Å². The second-order valence-electron chi connectivity index (χ2n) is 3.60. The van der Waals surface area contributed by atoms with Gasteiger partial charge in [-0.2, -0.15) is 0 Å². The molecule has 0 saturated carbocycles. The van der Waals surface area contributed by atoms with Crippen molar-refractivity contribution in [3.8, 4) is 0 Å². The number of nitrogens with zero attached hydrogens (tertiary/aromatic N) is 1. The molecule has 0 spiro atoms. The van der Waals surface area contributed by atoms with Gasteiger partial charge in [-0.3, -0.25) is 0 Å². The summed E-state index contributed by atoms with van der Waals surface area (Å²) < 4.78 is 1.17. The molecular formula is C11H13Br2N. The molecule has 1 fully saturated rings. The number of hydrogen-bond donors (Lipinski definition) is 0. The van der Waals surface area contributed by atoms with Crippen molar-refractivity contribution < 1.29 is 0 Å². The van der Waals surface area contributed by atoms with Crippen molar-refractivity contribution in [2.75, 3.05) is 18.0 Å². The minimum absolute atomic E-state index is 0.937. The SMILES string of the molecule is BrCc1ccc(Br)cc1N1CCCC1. The molecule has 0 unspecified atom stereocenters. The first-order valence-electron chi connectivity index (χ1n) is 4.90. The normalized spacial score (nSPS) is 16.3. The molecule has 76 valence electrons. The van der Waals surface area contributed by atoms with E-state index in [0.717, 1.165) is 5.33 Å². The Balaban J connectivity index is 2.33. The van der Waals surface area contributed by atoms with Gasteiger partial charge in [-0.05, 0) is 30.5 Å². The molecule has 0 N–H and O–H groups in total. The molecule has 0 atom stereocenters. The predicted molar refractivity (Wildman–Crippen MR) is 68.2 cm³/mol. The van der Waals surface area contributed by atoms with E-state index in [9.17, 15) is 0 Å². The van der Waals surface area contributed by atoms with Crippen LogP contribution in [0.2, 0.25) is 0 Å². The summed E-state index contributed by atoms with van der Waals surface area (Å²) in [6.07, 6.45) is 2.66. The number of hydrogen-bond acceptors (Lipinski definition) is 1. The van der Waals surface area contributed by atoms with Crippen LogP contribution in [0.4, 0.5) is 5.69 Å². The lowest BCUT2D eigenvalue weighted by Crippen LogP contribution is -2.18. The third-order valence-electron chi connectivity index (χ3n) is 2.64. The van der Waals surface area contributed by atoms with Crippen LogP contribution in [-0.2, 0) is 5.33 Å². The van der Waals surface area contributed by atoms with E-state index in [4.69, 9.17) is 0 Å². The maximum atomic E-state index is 3.54. The van der Waals surface area contributed by atoms with E-state index >= 15 is 0 Å². The fraction of sp³-hybridized carbons (Fsp3) is 0.455. The number of alkyl halides is 1. The summed E-state index contributed by atoms with van der Waals surface area (Å²) in [6, 6.07) is 6.52. The number of benzene rings is 1. The summed E-state index contributed by atoms with van der Waals surface area (Å²) in [7, 11) is 0. The van der Waals surface area contributed by atoms with Crippen molar-refractivity contribution in [2.24, 2.45) is 0 Å². The van der Waals surface area contributed by atoms with Gasteiger partial charge in [-0.1, -0.05) is 37.9 Å². The zero-order valence-electron chi connectivity index (χ0n) is 7.97. The van der Waals surface area contributed by atoms with Crippen LogP contribution in [0.3, 0.4) is 0 Å². The second-order valence-corrected chi connectivity index (χ2v) is 5.08. The van der Waals surface area contributed by atoms with Crippen LogP contribution in [0.5, 0.6) is 0 Å². The Morgan fingerprint density at radius 3 is 2.57 bits per heavy atom. The number of rotatable bonds is 2. The Hall–Kier alpha value is -0.0200. The molecule has 2 rings (SSSR count). The molecule has 1 aromatic carbocycles. The van der Waals surface area contributed by atoms with E-state index in [0.29, 0.717) is 0 Å². The molecule has 0 radical (unpaired) electrons. The molecule has 0 aromatic heterocycles. The number of halogens is 2. The highest BCUT2D eigenvalue weighted by atomic mass is 79.9. The van der Waals surface area contributed by atoms with Gasteiger partial charge in [0.2, 0.25) is 0 Å². The second kappa shape index (κ2) is 4.67. The Kier molecular flexibility index (Phi) is 3.50. The van der Waals surface area contributed by atoms with Gasteiger partial charge in [-0.15, -0.1) is 0 Å². The third kappa shape index (κ3) is 2.14. The van der Waals surface area contributed by atoms with E-state index in [1.54, 1.807) is 0 Å². The maximum absolute atomic E-state index is 3.54. The van der Waals surface area contributed by atoms with Crippen LogP contribution in [0, 0.1) is 0 Å². The molecule has 1 saturated heterocycles. The summed E-state index contributed by atoms with van der Waals surface area (Å²) >= 11 is 7.07. The molecule has 1 aromatic rings. The lowest BCUT2D eigenvalue weighted by atomic mass is 10.2. The molecule has 0 amide bonds. The summed E-state index contributed by atoms with van der Waals surface area (Å²) in [4.78, 5) is 2.47. The fourth-order valence-corrected chi connectivity index (χ4v) is 2.73. The van der Waals surface area contributed by atoms with E-state index in [2.05, 4.69) is 55.0 Å². The fourth-order valence-electron chi connectivity index (χ4n) is 1.90. The van der Waals surface area contributed by atoms with Gasteiger partial charge >= 0.3 is 0 Å². The van der Waals surface area contributed by atoms with Crippen LogP contribution < -0.4 is 4.90 Å². The highest BCUT2D eigenvalue weighted by Gasteiger charge is 2.15. The monoisotopic (exact) mass is 317 g/mol. The first-order valence-corrected chi connectivity index (χ1v) is 6.82. The summed E-state index contributed by atoms with van der Waals surface area (Å²) in [6.45, 7) is 2.41. The quantitative estimate of drug-likeness (QED) is 0.746. The average molecular weight is 319 g/mol. The molecule has 1 nitrogen and oxygen atoms in total. The van der Waals surface area contributed by atoms with Crippen LogP contribution in [-0.4, -0.2) is 13.1 Å². The van der Waals surface area contributed by atoms with Gasteiger partial charge < -0.3 is 4.90 Å². The molecule has 0 aliphatic carbocycles. The van der Waals surface area contributed by atoms with Crippen molar-refractivity contribution in [3.05, 3.63) is 28.2 Å². The van der Waals surface area contributed by atoms with Crippen molar-refractivity contribution in [1.29, 1.82) is 0 Å². The average Bonchev–Trinajstić information content (AvgIpc) is 2.70. The summed E-state index contributed by atoms with van der Waals surface area (Å²) in [5.41, 5.74) is 2.77. The summed E-state index contributed by atoms with van der Waals surface area (Å²) in [5, 5.41) is 0.937. The molecule has 0 bridgehead atoms.